The summed E-state index contributed by atoms with van der Waals surface area (Å²) in [5.41, 5.74) is 3.17. The van der Waals surface area contributed by atoms with Crippen molar-refractivity contribution >= 4 is 6.01 Å². The van der Waals surface area contributed by atoms with Crippen LogP contribution in [0.1, 0.15) is 5.56 Å². The highest BCUT2D eigenvalue weighted by Gasteiger charge is 2.06. The molecule has 0 aliphatic carbocycles. The Bertz CT molecular complexity index is 434. The summed E-state index contributed by atoms with van der Waals surface area (Å²) in [6, 6.07) is 8.65. The van der Waals surface area contributed by atoms with Gasteiger partial charge in [0, 0.05) is 12.6 Å². The van der Waals surface area contributed by atoms with Gasteiger partial charge in [-0.05, 0) is 12.5 Å². The van der Waals surface area contributed by atoms with Crippen molar-refractivity contribution in [2.75, 3.05) is 12.4 Å². The number of rotatable bonds is 2. The molecule has 0 atom stereocenters. The maximum Gasteiger partial charge on any atom is 0.294 e. The largest absolute Gasteiger partial charge is 0.432 e. The molecule has 1 N–H and O–H groups in total. The van der Waals surface area contributed by atoms with Crippen molar-refractivity contribution in [3.63, 3.8) is 0 Å². The van der Waals surface area contributed by atoms with Crippen molar-refractivity contribution in [3.05, 3.63) is 36.1 Å². The third kappa shape index (κ3) is 1.48. The Balaban J connectivity index is 2.44. The van der Waals surface area contributed by atoms with Gasteiger partial charge in [-0.25, -0.2) is 0 Å². The molecule has 0 radical (unpaired) electrons. The second kappa shape index (κ2) is 3.54. The molecule has 3 heteroatoms. The Kier molecular flexibility index (Phi) is 2.23. The quantitative estimate of drug-likeness (QED) is 0.787. The molecule has 3 nitrogen and oxygen atoms in total. The van der Waals surface area contributed by atoms with Crippen LogP contribution in [0.3, 0.4) is 0 Å². The molecular formula is C11H12N2O. The molecular weight excluding hydrogens is 176 g/mol. The van der Waals surface area contributed by atoms with E-state index in [0.717, 1.165) is 11.3 Å². The topological polar surface area (TPSA) is 38.1 Å². The van der Waals surface area contributed by atoms with Gasteiger partial charge in [-0.1, -0.05) is 24.3 Å². The highest BCUT2D eigenvalue weighted by molar-refractivity contribution is 5.63. The fourth-order valence-corrected chi connectivity index (χ4v) is 1.37. The van der Waals surface area contributed by atoms with E-state index in [9.17, 15) is 0 Å². The first-order chi connectivity index (χ1) is 6.81. The summed E-state index contributed by atoms with van der Waals surface area (Å²) in [5, 5.41) is 2.86. The molecule has 0 aliphatic rings. The highest BCUT2D eigenvalue weighted by atomic mass is 16.4. The average molecular weight is 188 g/mol. The fourth-order valence-electron chi connectivity index (χ4n) is 1.37. The molecule has 1 aromatic heterocycles. The summed E-state index contributed by atoms with van der Waals surface area (Å²) in [7, 11) is 1.79. The Morgan fingerprint density at radius 1 is 1.29 bits per heavy atom. The zero-order chi connectivity index (χ0) is 9.97. The number of benzene rings is 1. The molecule has 0 saturated heterocycles. The lowest BCUT2D eigenvalue weighted by Gasteiger charge is -1.99. The Morgan fingerprint density at radius 3 is 2.71 bits per heavy atom. The van der Waals surface area contributed by atoms with Crippen LogP contribution < -0.4 is 5.32 Å². The summed E-state index contributed by atoms with van der Waals surface area (Å²) in [6.45, 7) is 2.06. The van der Waals surface area contributed by atoms with Gasteiger partial charge in [0.1, 0.15) is 12.0 Å². The summed E-state index contributed by atoms with van der Waals surface area (Å²) in [6.07, 6.45) is 1.66. The van der Waals surface area contributed by atoms with Gasteiger partial charge in [0.25, 0.3) is 6.01 Å². The molecule has 0 fully saturated rings. The number of nitrogens with one attached hydrogen (secondary N) is 1. The van der Waals surface area contributed by atoms with E-state index in [-0.39, 0.29) is 0 Å². The summed E-state index contributed by atoms with van der Waals surface area (Å²) in [5.74, 6) is 0. The molecule has 0 spiro atoms. The lowest BCUT2D eigenvalue weighted by molar-refractivity contribution is 0.576. The van der Waals surface area contributed by atoms with Crippen molar-refractivity contribution in [3.8, 4) is 11.3 Å². The Morgan fingerprint density at radius 2 is 2.07 bits per heavy atom. The van der Waals surface area contributed by atoms with Crippen molar-refractivity contribution < 1.29 is 4.42 Å². The lowest BCUT2D eigenvalue weighted by atomic mass is 10.1. The average Bonchev–Trinajstić information content (AvgIpc) is 2.67. The van der Waals surface area contributed by atoms with E-state index >= 15 is 0 Å². The molecule has 0 aliphatic heterocycles. The van der Waals surface area contributed by atoms with Crippen LogP contribution in [0.4, 0.5) is 6.01 Å². The third-order valence-corrected chi connectivity index (χ3v) is 2.14. The van der Waals surface area contributed by atoms with E-state index < -0.39 is 0 Å². The lowest BCUT2D eigenvalue weighted by Crippen LogP contribution is -1.87. The molecule has 0 amide bonds. The van der Waals surface area contributed by atoms with Gasteiger partial charge >= 0.3 is 0 Å². The van der Waals surface area contributed by atoms with Gasteiger partial charge in [-0.15, -0.1) is 0 Å². The molecule has 0 saturated carbocycles. The molecule has 72 valence electrons. The van der Waals surface area contributed by atoms with Crippen molar-refractivity contribution in [2.24, 2.45) is 0 Å². The Hall–Kier alpha value is -1.77. The number of aryl methyl sites for hydroxylation is 1. The second-order valence-corrected chi connectivity index (χ2v) is 3.10. The van der Waals surface area contributed by atoms with Crippen molar-refractivity contribution in [1.29, 1.82) is 0 Å². The maximum atomic E-state index is 5.20. The van der Waals surface area contributed by atoms with Crippen LogP contribution in [0, 0.1) is 6.92 Å². The fraction of sp³-hybridized carbons (Fsp3) is 0.182. The SMILES string of the molecule is CNc1nc(-c2ccccc2C)co1. The van der Waals surface area contributed by atoms with Gasteiger partial charge in [0.2, 0.25) is 0 Å². The van der Waals surface area contributed by atoms with Crippen LogP contribution in [0.25, 0.3) is 11.3 Å². The van der Waals surface area contributed by atoms with E-state index in [1.165, 1.54) is 5.56 Å². The number of hydrogen-bond acceptors (Lipinski definition) is 3. The second-order valence-electron chi connectivity index (χ2n) is 3.10. The van der Waals surface area contributed by atoms with E-state index in [4.69, 9.17) is 4.42 Å². The molecule has 0 unspecified atom stereocenters. The molecule has 2 rings (SSSR count). The minimum Gasteiger partial charge on any atom is -0.432 e. The van der Waals surface area contributed by atoms with Crippen LogP contribution >= 0.6 is 0 Å². The zero-order valence-corrected chi connectivity index (χ0v) is 8.24. The van der Waals surface area contributed by atoms with E-state index in [1.807, 2.05) is 18.2 Å². The summed E-state index contributed by atoms with van der Waals surface area (Å²) in [4.78, 5) is 4.28. The van der Waals surface area contributed by atoms with Crippen LogP contribution in [0.2, 0.25) is 0 Å². The molecule has 2 aromatic rings. The summed E-state index contributed by atoms with van der Waals surface area (Å²) >= 11 is 0. The third-order valence-electron chi connectivity index (χ3n) is 2.14. The molecule has 14 heavy (non-hydrogen) atoms. The zero-order valence-electron chi connectivity index (χ0n) is 8.24. The number of anilines is 1. The molecule has 1 heterocycles. The van der Waals surface area contributed by atoms with E-state index in [0.29, 0.717) is 6.01 Å². The first-order valence-electron chi connectivity index (χ1n) is 4.50. The summed E-state index contributed by atoms with van der Waals surface area (Å²) < 4.78 is 5.20. The minimum absolute atomic E-state index is 0.545. The number of aromatic nitrogens is 1. The van der Waals surface area contributed by atoms with Gasteiger partial charge in [-0.2, -0.15) is 4.98 Å². The van der Waals surface area contributed by atoms with Crippen LogP contribution in [0.5, 0.6) is 0 Å². The van der Waals surface area contributed by atoms with Crippen LogP contribution in [-0.2, 0) is 0 Å². The van der Waals surface area contributed by atoms with Crippen molar-refractivity contribution in [2.45, 2.75) is 6.92 Å². The van der Waals surface area contributed by atoms with Gasteiger partial charge in [0.15, 0.2) is 0 Å². The van der Waals surface area contributed by atoms with Gasteiger partial charge in [-0.3, -0.25) is 0 Å². The van der Waals surface area contributed by atoms with E-state index in [2.05, 4.69) is 23.3 Å². The van der Waals surface area contributed by atoms with Gasteiger partial charge < -0.3 is 9.73 Å². The maximum absolute atomic E-state index is 5.20. The molecule has 1 aromatic carbocycles. The van der Waals surface area contributed by atoms with E-state index in [1.54, 1.807) is 13.3 Å². The monoisotopic (exact) mass is 188 g/mol. The number of hydrogen-bond donors (Lipinski definition) is 1. The normalized spacial score (nSPS) is 10.1. The van der Waals surface area contributed by atoms with Crippen LogP contribution in [-0.4, -0.2) is 12.0 Å². The van der Waals surface area contributed by atoms with Crippen molar-refractivity contribution in [1.82, 2.24) is 4.98 Å². The Labute approximate surface area is 82.8 Å². The standard InChI is InChI=1S/C11H12N2O/c1-8-5-3-4-6-9(8)10-7-14-11(12-2)13-10/h3-7H,1-2H3,(H,12,13). The number of oxazole rings is 1. The predicted octanol–water partition coefficient (Wildman–Crippen LogP) is 2.69. The van der Waals surface area contributed by atoms with Gasteiger partial charge in [0.05, 0.1) is 0 Å². The molecule has 0 bridgehead atoms. The van der Waals surface area contributed by atoms with Crippen LogP contribution in [0.15, 0.2) is 34.9 Å². The first-order valence-corrected chi connectivity index (χ1v) is 4.50. The highest BCUT2D eigenvalue weighted by Crippen LogP contribution is 2.23. The first kappa shape index (κ1) is 8.81. The minimum atomic E-state index is 0.545. The number of nitrogens with zero attached hydrogens (tertiary/aromatic N) is 1. The predicted molar refractivity (Wildman–Crippen MR) is 56.2 cm³/mol. The smallest absolute Gasteiger partial charge is 0.294 e.